The van der Waals surface area contributed by atoms with Crippen LogP contribution in [0.15, 0.2) is 24.3 Å². The van der Waals surface area contributed by atoms with Gasteiger partial charge in [-0.1, -0.05) is 0 Å². The molecule has 0 bridgehead atoms. The van der Waals surface area contributed by atoms with Crippen molar-refractivity contribution in [1.29, 1.82) is 0 Å². The summed E-state index contributed by atoms with van der Waals surface area (Å²) < 4.78 is 47.7. The molecule has 0 unspecified atom stereocenters. The van der Waals surface area contributed by atoms with E-state index in [2.05, 4.69) is 30.9 Å². The summed E-state index contributed by atoms with van der Waals surface area (Å²) in [5.41, 5.74) is 5.27. The molecule has 1 saturated carbocycles. The lowest BCUT2D eigenvalue weighted by molar-refractivity contribution is -0.154. The molecule has 3 rings (SSSR count). The molecule has 1 aromatic carbocycles. The number of amides is 1. The minimum absolute atomic E-state index is 0.122. The lowest BCUT2D eigenvalue weighted by atomic mass is 10.2. The van der Waals surface area contributed by atoms with Gasteiger partial charge in [0.15, 0.2) is 6.61 Å². The molecule has 0 atom stereocenters. The monoisotopic (exact) mass is 511 g/mol. The van der Waals surface area contributed by atoms with Crippen LogP contribution >= 0.6 is 0 Å². The van der Waals surface area contributed by atoms with E-state index in [-0.39, 0.29) is 24.4 Å². The molecule has 1 aliphatic carbocycles. The summed E-state index contributed by atoms with van der Waals surface area (Å²) in [5.74, 6) is -1.02. The smallest absolute Gasteiger partial charge is 0.422 e. The maximum Gasteiger partial charge on any atom is 0.422 e. The van der Waals surface area contributed by atoms with Crippen LogP contribution in [0.2, 0.25) is 0 Å². The zero-order valence-corrected chi connectivity index (χ0v) is 19.7. The lowest BCUT2D eigenvalue weighted by Gasteiger charge is -2.17. The molecule has 1 heterocycles. The summed E-state index contributed by atoms with van der Waals surface area (Å²) in [4.78, 5) is 36.3. The average molecular weight is 512 g/mol. The molecular formula is C22H28F3N7O4. The van der Waals surface area contributed by atoms with Gasteiger partial charge in [-0.3, -0.25) is 4.79 Å². The van der Waals surface area contributed by atoms with E-state index in [0.29, 0.717) is 37.2 Å². The molecule has 0 saturated heterocycles. The van der Waals surface area contributed by atoms with Crippen molar-refractivity contribution >= 4 is 29.5 Å². The zero-order chi connectivity index (χ0) is 26.2. The number of esters is 1. The van der Waals surface area contributed by atoms with Gasteiger partial charge in [0.25, 0.3) is 5.91 Å². The van der Waals surface area contributed by atoms with Crippen LogP contribution in [0.5, 0.6) is 6.01 Å². The van der Waals surface area contributed by atoms with Crippen LogP contribution in [0.1, 0.15) is 43.0 Å². The summed E-state index contributed by atoms with van der Waals surface area (Å²) >= 11 is 0. The minimum atomic E-state index is -4.60. The van der Waals surface area contributed by atoms with E-state index >= 15 is 0 Å². The average Bonchev–Trinajstić information content (AvgIpc) is 3.61. The Morgan fingerprint density at radius 1 is 1.08 bits per heavy atom. The molecule has 11 nitrogen and oxygen atoms in total. The van der Waals surface area contributed by atoms with Gasteiger partial charge in [0, 0.05) is 17.8 Å². The number of anilines is 3. The second-order valence-corrected chi connectivity index (χ2v) is 8.05. The molecule has 14 heteroatoms. The fourth-order valence-corrected chi connectivity index (χ4v) is 3.08. The number of carbonyl (C=O) groups is 2. The molecule has 1 amide bonds. The maximum atomic E-state index is 12.7. The number of carbonyl (C=O) groups excluding carboxylic acids is 2. The number of aromatic nitrogens is 3. The Morgan fingerprint density at radius 3 is 2.39 bits per heavy atom. The zero-order valence-electron chi connectivity index (χ0n) is 19.7. The number of unbranched alkanes of at least 4 members (excludes halogenated alkanes) is 1. The van der Waals surface area contributed by atoms with E-state index < -0.39 is 30.3 Å². The lowest BCUT2D eigenvalue weighted by Crippen LogP contribution is -2.34. The third kappa shape index (κ3) is 7.93. The van der Waals surface area contributed by atoms with E-state index in [9.17, 15) is 22.8 Å². The molecule has 36 heavy (non-hydrogen) atoms. The van der Waals surface area contributed by atoms with Gasteiger partial charge in [0.05, 0.1) is 6.61 Å². The summed E-state index contributed by atoms with van der Waals surface area (Å²) in [7, 11) is 0. The van der Waals surface area contributed by atoms with Crippen molar-refractivity contribution in [2.75, 3.05) is 36.9 Å². The van der Waals surface area contributed by atoms with Crippen LogP contribution in [0.25, 0.3) is 0 Å². The highest BCUT2D eigenvalue weighted by Crippen LogP contribution is 2.39. The van der Waals surface area contributed by atoms with Crippen LogP contribution in [-0.2, 0) is 9.53 Å². The van der Waals surface area contributed by atoms with E-state index in [0.717, 1.165) is 12.8 Å². The van der Waals surface area contributed by atoms with Crippen LogP contribution in [0.3, 0.4) is 0 Å². The van der Waals surface area contributed by atoms with E-state index in [1.807, 2.05) is 0 Å². The predicted molar refractivity (Wildman–Crippen MR) is 124 cm³/mol. The summed E-state index contributed by atoms with van der Waals surface area (Å²) in [6, 6.07) is 5.73. The Kier molecular flexibility index (Phi) is 8.85. The maximum absolute atomic E-state index is 12.7. The molecule has 2 aromatic rings. The van der Waals surface area contributed by atoms with Gasteiger partial charge < -0.3 is 31.2 Å². The predicted octanol–water partition coefficient (Wildman–Crippen LogP) is 2.53. The van der Waals surface area contributed by atoms with Gasteiger partial charge in [0.2, 0.25) is 11.9 Å². The van der Waals surface area contributed by atoms with Crippen molar-refractivity contribution in [3.05, 3.63) is 29.8 Å². The number of hydrogen-bond acceptors (Lipinski definition) is 10. The number of nitrogens with one attached hydrogen (secondary N) is 3. The summed E-state index contributed by atoms with van der Waals surface area (Å²) in [6.45, 7) is 1.29. The molecular weight excluding hydrogens is 483 g/mol. The van der Waals surface area contributed by atoms with E-state index in [1.165, 1.54) is 0 Å². The molecule has 0 aliphatic heterocycles. The molecule has 196 valence electrons. The second kappa shape index (κ2) is 11.8. The Labute approximate surface area is 205 Å². The second-order valence-electron chi connectivity index (χ2n) is 8.05. The van der Waals surface area contributed by atoms with Gasteiger partial charge in [-0.15, -0.1) is 0 Å². The first kappa shape index (κ1) is 26.9. The third-order valence-corrected chi connectivity index (χ3v) is 5.07. The van der Waals surface area contributed by atoms with Gasteiger partial charge in [-0.2, -0.15) is 28.1 Å². The quantitative estimate of drug-likeness (QED) is 0.233. The van der Waals surface area contributed by atoms with E-state index in [4.69, 9.17) is 15.2 Å². The SMILES string of the molecule is CCOC(=O)C1(Nc2nc(Nc3ccc(C(=O)NCCCCN)cc3)nc(OCC(F)(F)F)n2)CC1. The Morgan fingerprint density at radius 2 is 1.78 bits per heavy atom. The number of alkyl halides is 3. The first-order chi connectivity index (χ1) is 17.1. The van der Waals surface area contributed by atoms with Crippen LogP contribution in [0.4, 0.5) is 30.8 Å². The highest BCUT2D eigenvalue weighted by atomic mass is 19.4. The first-order valence-electron chi connectivity index (χ1n) is 11.4. The molecule has 5 N–H and O–H groups in total. The standard InChI is InChI=1S/C22H28F3N7O4/c1-2-35-17(34)21(9-10-21)32-19-29-18(30-20(31-19)36-13-22(23,24)25)28-15-7-5-14(6-8-15)16(33)27-12-4-3-11-26/h5-8H,2-4,9-13,26H2,1H3,(H,27,33)(H2,28,29,30,31,32). The Balaban J connectivity index is 1.73. The van der Waals surface area contributed by atoms with Crippen molar-refractivity contribution in [2.45, 2.75) is 44.3 Å². The highest BCUT2D eigenvalue weighted by molar-refractivity contribution is 5.94. The van der Waals surface area contributed by atoms with Crippen molar-refractivity contribution in [1.82, 2.24) is 20.3 Å². The number of ether oxygens (including phenoxy) is 2. The fraction of sp³-hybridized carbons (Fsp3) is 0.500. The number of halogens is 3. The number of rotatable bonds is 13. The minimum Gasteiger partial charge on any atom is -0.464 e. The Hall–Kier alpha value is -3.68. The normalized spacial score (nSPS) is 14.0. The topological polar surface area (TPSA) is 153 Å². The summed E-state index contributed by atoms with van der Waals surface area (Å²) in [5, 5.41) is 8.46. The first-order valence-corrected chi connectivity index (χ1v) is 11.4. The fourth-order valence-electron chi connectivity index (χ4n) is 3.08. The highest BCUT2D eigenvalue weighted by Gasteiger charge is 2.52. The summed E-state index contributed by atoms with van der Waals surface area (Å²) in [6.07, 6.45) is -2.12. The van der Waals surface area contributed by atoms with Crippen LogP contribution in [0, 0.1) is 0 Å². The Bertz CT molecular complexity index is 1050. The van der Waals surface area contributed by atoms with E-state index in [1.54, 1.807) is 31.2 Å². The molecule has 1 fully saturated rings. The van der Waals surface area contributed by atoms with Gasteiger partial charge in [-0.25, -0.2) is 4.79 Å². The van der Waals surface area contributed by atoms with Gasteiger partial charge in [0.1, 0.15) is 5.54 Å². The third-order valence-electron chi connectivity index (χ3n) is 5.07. The number of benzene rings is 1. The molecule has 0 radical (unpaired) electrons. The van der Waals surface area contributed by atoms with Crippen LogP contribution in [-0.4, -0.2) is 64.8 Å². The molecule has 1 aliphatic rings. The number of nitrogens with two attached hydrogens (primary N) is 1. The van der Waals surface area contributed by atoms with Crippen molar-refractivity contribution in [3.8, 4) is 6.01 Å². The number of nitrogens with zero attached hydrogens (tertiary/aromatic N) is 3. The number of hydrogen-bond donors (Lipinski definition) is 4. The van der Waals surface area contributed by atoms with Crippen LogP contribution < -0.4 is 26.4 Å². The van der Waals surface area contributed by atoms with Gasteiger partial charge >= 0.3 is 18.2 Å². The van der Waals surface area contributed by atoms with Gasteiger partial charge in [-0.05, 0) is 63.4 Å². The van der Waals surface area contributed by atoms with Crippen molar-refractivity contribution in [3.63, 3.8) is 0 Å². The molecule has 0 spiro atoms. The molecule has 1 aromatic heterocycles. The van der Waals surface area contributed by atoms with Crippen molar-refractivity contribution in [2.24, 2.45) is 5.73 Å². The van der Waals surface area contributed by atoms with Crippen molar-refractivity contribution < 1.29 is 32.2 Å². The largest absolute Gasteiger partial charge is 0.464 e.